The van der Waals surface area contributed by atoms with Crippen LogP contribution in [0.3, 0.4) is 0 Å². The summed E-state index contributed by atoms with van der Waals surface area (Å²) >= 11 is 4.06. The Kier molecular flexibility index (Phi) is 1.64. The molecule has 104 valence electrons. The quantitative estimate of drug-likeness (QED) is 0.782. The van der Waals surface area contributed by atoms with Gasteiger partial charge >= 0.3 is 0 Å². The van der Waals surface area contributed by atoms with Crippen molar-refractivity contribution in [1.29, 1.82) is 0 Å². The Bertz CT molecular complexity index is 628. The molecular formula is C18H19BrO. The number of rotatable bonds is 1. The summed E-state index contributed by atoms with van der Waals surface area (Å²) in [5, 5.41) is 11.8. The van der Waals surface area contributed by atoms with E-state index in [4.69, 9.17) is 0 Å². The summed E-state index contributed by atoms with van der Waals surface area (Å²) in [5.74, 6) is 5.14. The summed E-state index contributed by atoms with van der Waals surface area (Å²) in [6, 6.07) is 10.6. The molecule has 20 heavy (non-hydrogen) atoms. The predicted octanol–water partition coefficient (Wildman–Crippen LogP) is 3.42. The van der Waals surface area contributed by atoms with Gasteiger partial charge in [-0.15, -0.1) is 0 Å². The van der Waals surface area contributed by atoms with E-state index in [0.29, 0.717) is 22.1 Å². The Balaban J connectivity index is 1.65. The SMILES string of the molecule is C[C@]12[C@@H]3[C@H]4C[C@@H]5[C@H]([C@H]4[C@H]1Br)[C@H]2[C@@](O)(c1ccccc1)[C@@H]53. The maximum Gasteiger partial charge on any atom is 0.0966 e. The van der Waals surface area contributed by atoms with Crippen molar-refractivity contribution in [2.45, 2.75) is 23.8 Å². The van der Waals surface area contributed by atoms with Crippen LogP contribution in [-0.4, -0.2) is 9.93 Å². The van der Waals surface area contributed by atoms with Gasteiger partial charge in [-0.3, -0.25) is 0 Å². The second kappa shape index (κ2) is 2.92. The smallest absolute Gasteiger partial charge is 0.0966 e. The van der Waals surface area contributed by atoms with E-state index in [9.17, 15) is 5.11 Å². The van der Waals surface area contributed by atoms with Crippen LogP contribution in [0.2, 0.25) is 0 Å². The molecule has 1 N–H and O–H groups in total. The predicted molar refractivity (Wildman–Crippen MR) is 80.2 cm³/mol. The van der Waals surface area contributed by atoms with Crippen molar-refractivity contribution < 1.29 is 5.11 Å². The summed E-state index contributed by atoms with van der Waals surface area (Å²) in [6.07, 6.45) is 1.40. The molecule has 1 nitrogen and oxygen atoms in total. The standard InChI is InChI=1S/C18H19BrO/c1-17-13-10-7-9-11(12(10)16(17)19)15(17)18(20,14(9)13)8-5-3-2-4-6-8/h2-6,9-16,20H,7H2,1H3/t9-,10+,11-,12+,13-,14+,15-,16-,17-,18-/m1/s1. The van der Waals surface area contributed by atoms with E-state index in [1.54, 1.807) is 0 Å². The maximum atomic E-state index is 11.8. The second-order valence-corrected chi connectivity index (χ2v) is 9.19. The first-order valence-corrected chi connectivity index (χ1v) is 8.94. The van der Waals surface area contributed by atoms with E-state index >= 15 is 0 Å². The van der Waals surface area contributed by atoms with Gasteiger partial charge in [0.1, 0.15) is 0 Å². The van der Waals surface area contributed by atoms with Crippen molar-refractivity contribution >= 4 is 15.9 Å². The maximum absolute atomic E-state index is 11.8. The Morgan fingerprint density at radius 1 is 1.10 bits per heavy atom. The van der Waals surface area contributed by atoms with Crippen LogP contribution in [0.4, 0.5) is 0 Å². The molecule has 0 aliphatic heterocycles. The van der Waals surface area contributed by atoms with Gasteiger partial charge in [-0.05, 0) is 52.9 Å². The topological polar surface area (TPSA) is 20.2 Å². The van der Waals surface area contributed by atoms with E-state index in [0.717, 1.165) is 29.6 Å². The van der Waals surface area contributed by atoms with Crippen molar-refractivity contribution in [2.24, 2.45) is 46.8 Å². The number of benzene rings is 1. The molecule has 0 heterocycles. The number of hydrogen-bond acceptors (Lipinski definition) is 1. The minimum absolute atomic E-state index is 0.336. The average molecular weight is 331 g/mol. The highest BCUT2D eigenvalue weighted by atomic mass is 79.9. The molecule has 6 aliphatic carbocycles. The molecule has 6 bridgehead atoms. The normalized spacial score (nSPS) is 67.0. The second-order valence-electron chi connectivity index (χ2n) is 8.21. The van der Waals surface area contributed by atoms with Crippen molar-refractivity contribution in [3.63, 3.8) is 0 Å². The molecule has 7 rings (SSSR count). The molecule has 6 fully saturated rings. The number of alkyl halides is 1. The van der Waals surface area contributed by atoms with Crippen molar-refractivity contribution in [3.05, 3.63) is 35.9 Å². The molecular weight excluding hydrogens is 312 g/mol. The third-order valence-corrected chi connectivity index (χ3v) is 9.81. The lowest BCUT2D eigenvalue weighted by Gasteiger charge is -2.40. The van der Waals surface area contributed by atoms with Gasteiger partial charge in [0.2, 0.25) is 0 Å². The molecule has 2 heteroatoms. The first-order valence-electron chi connectivity index (χ1n) is 8.03. The Morgan fingerprint density at radius 3 is 2.50 bits per heavy atom. The number of hydrogen-bond donors (Lipinski definition) is 1. The highest BCUT2D eigenvalue weighted by Gasteiger charge is 2.91. The van der Waals surface area contributed by atoms with Gasteiger partial charge < -0.3 is 5.11 Å². The van der Waals surface area contributed by atoms with E-state index < -0.39 is 5.60 Å². The van der Waals surface area contributed by atoms with Gasteiger partial charge in [0.25, 0.3) is 0 Å². The highest BCUT2D eigenvalue weighted by molar-refractivity contribution is 9.09. The lowest BCUT2D eigenvalue weighted by Crippen LogP contribution is -2.38. The van der Waals surface area contributed by atoms with Crippen LogP contribution >= 0.6 is 15.9 Å². The molecule has 0 unspecified atom stereocenters. The fraction of sp³-hybridized carbons (Fsp3) is 0.667. The fourth-order valence-electron chi connectivity index (χ4n) is 8.28. The van der Waals surface area contributed by atoms with Crippen LogP contribution in [0, 0.1) is 46.8 Å². The molecule has 0 spiro atoms. The van der Waals surface area contributed by atoms with Crippen LogP contribution in [-0.2, 0) is 5.60 Å². The molecule has 10 atom stereocenters. The van der Waals surface area contributed by atoms with Crippen LogP contribution in [0.25, 0.3) is 0 Å². The van der Waals surface area contributed by atoms with Crippen LogP contribution in [0.15, 0.2) is 30.3 Å². The van der Waals surface area contributed by atoms with E-state index in [1.165, 1.54) is 12.0 Å². The van der Waals surface area contributed by atoms with Crippen molar-refractivity contribution in [3.8, 4) is 0 Å². The van der Waals surface area contributed by atoms with Gasteiger partial charge in [-0.1, -0.05) is 53.2 Å². The lowest BCUT2D eigenvalue weighted by atomic mass is 9.64. The summed E-state index contributed by atoms with van der Waals surface area (Å²) in [6.45, 7) is 2.48. The third kappa shape index (κ3) is 0.772. The Morgan fingerprint density at radius 2 is 1.80 bits per heavy atom. The van der Waals surface area contributed by atoms with Crippen molar-refractivity contribution in [1.82, 2.24) is 0 Å². The van der Waals surface area contributed by atoms with E-state index in [1.807, 2.05) is 0 Å². The summed E-state index contributed by atoms with van der Waals surface area (Å²) in [7, 11) is 0. The third-order valence-electron chi connectivity index (χ3n) is 8.21. The fourth-order valence-corrected chi connectivity index (χ4v) is 9.61. The molecule has 6 saturated carbocycles. The van der Waals surface area contributed by atoms with Gasteiger partial charge in [0, 0.05) is 10.7 Å². The summed E-state index contributed by atoms with van der Waals surface area (Å²) < 4.78 is 0. The first kappa shape index (κ1) is 11.3. The van der Waals surface area contributed by atoms with Gasteiger partial charge in [-0.2, -0.15) is 0 Å². The van der Waals surface area contributed by atoms with E-state index in [-0.39, 0.29) is 0 Å². The highest BCUT2D eigenvalue weighted by Crippen LogP contribution is 2.91. The summed E-state index contributed by atoms with van der Waals surface area (Å²) in [4.78, 5) is 0.646. The molecule has 6 aliphatic rings. The van der Waals surface area contributed by atoms with Crippen LogP contribution in [0.1, 0.15) is 18.9 Å². The molecule has 1 aromatic carbocycles. The molecule has 0 saturated heterocycles. The van der Waals surface area contributed by atoms with Crippen molar-refractivity contribution in [2.75, 3.05) is 0 Å². The first-order chi connectivity index (χ1) is 9.61. The minimum Gasteiger partial charge on any atom is -0.385 e. The van der Waals surface area contributed by atoms with Gasteiger partial charge in [-0.25, -0.2) is 0 Å². The van der Waals surface area contributed by atoms with E-state index in [2.05, 4.69) is 53.2 Å². The molecule has 0 amide bonds. The average Bonchev–Trinajstić information content (AvgIpc) is 3.16. The number of halogens is 1. The zero-order chi connectivity index (χ0) is 13.4. The van der Waals surface area contributed by atoms with Gasteiger partial charge in [0.05, 0.1) is 5.60 Å². The zero-order valence-electron chi connectivity index (χ0n) is 11.5. The van der Waals surface area contributed by atoms with Crippen LogP contribution < -0.4 is 0 Å². The largest absolute Gasteiger partial charge is 0.385 e. The molecule has 0 radical (unpaired) electrons. The minimum atomic E-state index is -0.540. The summed E-state index contributed by atoms with van der Waals surface area (Å²) in [5.41, 5.74) is 0.990. The zero-order valence-corrected chi connectivity index (χ0v) is 13.1. The molecule has 1 aromatic rings. The molecule has 0 aromatic heterocycles. The Labute approximate surface area is 127 Å². The van der Waals surface area contributed by atoms with Gasteiger partial charge in [0.15, 0.2) is 0 Å². The monoisotopic (exact) mass is 330 g/mol. The van der Waals surface area contributed by atoms with Crippen LogP contribution in [0.5, 0.6) is 0 Å². The number of aliphatic hydroxyl groups is 1. The Hall–Kier alpha value is -0.340. The lowest BCUT2D eigenvalue weighted by molar-refractivity contribution is -0.0284.